The summed E-state index contributed by atoms with van der Waals surface area (Å²) in [5, 5.41) is 0. The van der Waals surface area contributed by atoms with Gasteiger partial charge in [-0.05, 0) is 56.0 Å². The second-order valence-corrected chi connectivity index (χ2v) is 5.55. The summed E-state index contributed by atoms with van der Waals surface area (Å²) in [5.41, 5.74) is 13.0. The molecule has 0 heterocycles. The second kappa shape index (κ2) is 5.49. The van der Waals surface area contributed by atoms with Gasteiger partial charge in [0, 0.05) is 17.7 Å². The Morgan fingerprint density at radius 1 is 0.950 bits per heavy atom. The average molecular weight is 267 g/mol. The number of ketones is 1. The maximum absolute atomic E-state index is 12.4. The number of anilines is 1. The normalized spacial score (nSPS) is 10.6. The Morgan fingerprint density at radius 3 is 2.10 bits per heavy atom. The highest BCUT2D eigenvalue weighted by molar-refractivity contribution is 5.98. The number of Topliss-reactive ketones (excluding diaryl/α,β-unsaturated/α-hetero) is 1. The largest absolute Gasteiger partial charge is 0.398 e. The van der Waals surface area contributed by atoms with Crippen molar-refractivity contribution in [3.05, 3.63) is 63.7 Å². The summed E-state index contributed by atoms with van der Waals surface area (Å²) in [4.78, 5) is 12.4. The first kappa shape index (κ1) is 14.3. The summed E-state index contributed by atoms with van der Waals surface area (Å²) in [6.45, 7) is 8.14. The zero-order valence-electron chi connectivity index (χ0n) is 12.6. The lowest BCUT2D eigenvalue weighted by Gasteiger charge is -2.11. The van der Waals surface area contributed by atoms with E-state index in [9.17, 15) is 4.79 Å². The zero-order chi connectivity index (χ0) is 14.9. The number of nitrogen functional groups attached to an aromatic ring is 1. The van der Waals surface area contributed by atoms with Crippen LogP contribution in [0.4, 0.5) is 5.69 Å². The van der Waals surface area contributed by atoms with Crippen molar-refractivity contribution in [2.45, 2.75) is 34.1 Å². The standard InChI is InChI=1S/C18H21NO/c1-11-7-13(3)16(14(4)8-11)10-18(20)15-6-5-12(2)17(19)9-15/h5-9H,10,19H2,1-4H3. The molecule has 2 heteroatoms. The summed E-state index contributed by atoms with van der Waals surface area (Å²) in [5.74, 6) is 0.117. The molecule has 0 saturated carbocycles. The summed E-state index contributed by atoms with van der Waals surface area (Å²) >= 11 is 0. The third kappa shape index (κ3) is 2.90. The van der Waals surface area contributed by atoms with Crippen LogP contribution >= 0.6 is 0 Å². The molecule has 2 nitrogen and oxygen atoms in total. The lowest BCUT2D eigenvalue weighted by molar-refractivity contribution is 0.0992. The average Bonchev–Trinajstić information content (AvgIpc) is 2.36. The fourth-order valence-electron chi connectivity index (χ4n) is 2.57. The van der Waals surface area contributed by atoms with Crippen LogP contribution in [-0.2, 0) is 6.42 Å². The molecule has 0 atom stereocenters. The van der Waals surface area contributed by atoms with Gasteiger partial charge in [-0.2, -0.15) is 0 Å². The van der Waals surface area contributed by atoms with Crippen LogP contribution in [0.25, 0.3) is 0 Å². The van der Waals surface area contributed by atoms with Gasteiger partial charge in [0.15, 0.2) is 5.78 Å². The highest BCUT2D eigenvalue weighted by Gasteiger charge is 2.12. The van der Waals surface area contributed by atoms with Gasteiger partial charge in [-0.1, -0.05) is 29.8 Å². The summed E-state index contributed by atoms with van der Waals surface area (Å²) in [6.07, 6.45) is 0.431. The Labute approximate surface area is 120 Å². The number of rotatable bonds is 3. The van der Waals surface area contributed by atoms with Crippen molar-refractivity contribution < 1.29 is 4.79 Å². The summed E-state index contributed by atoms with van der Waals surface area (Å²) in [7, 11) is 0. The lowest BCUT2D eigenvalue weighted by atomic mass is 9.93. The molecule has 0 aliphatic rings. The molecule has 2 rings (SSSR count). The molecule has 0 aliphatic carbocycles. The quantitative estimate of drug-likeness (QED) is 0.676. The molecule has 0 spiro atoms. The molecule has 0 aromatic heterocycles. The molecule has 0 saturated heterocycles. The van der Waals surface area contributed by atoms with Crippen LogP contribution in [0.15, 0.2) is 30.3 Å². The highest BCUT2D eigenvalue weighted by atomic mass is 16.1. The van der Waals surface area contributed by atoms with E-state index < -0.39 is 0 Å². The van der Waals surface area contributed by atoms with Crippen LogP contribution in [0, 0.1) is 27.7 Å². The molecule has 0 aliphatic heterocycles. The monoisotopic (exact) mass is 267 g/mol. The van der Waals surface area contributed by atoms with E-state index >= 15 is 0 Å². The van der Waals surface area contributed by atoms with Crippen LogP contribution in [0.1, 0.15) is 38.2 Å². The van der Waals surface area contributed by atoms with Crippen LogP contribution in [0.3, 0.4) is 0 Å². The molecule has 0 amide bonds. The Hall–Kier alpha value is -2.09. The van der Waals surface area contributed by atoms with Crippen molar-refractivity contribution >= 4 is 11.5 Å². The first-order chi connectivity index (χ1) is 9.38. The van der Waals surface area contributed by atoms with Crippen LogP contribution in [0.5, 0.6) is 0 Å². The van der Waals surface area contributed by atoms with E-state index in [-0.39, 0.29) is 5.78 Å². The lowest BCUT2D eigenvalue weighted by Crippen LogP contribution is -2.07. The van der Waals surface area contributed by atoms with Gasteiger partial charge in [0.25, 0.3) is 0 Å². The van der Waals surface area contributed by atoms with Gasteiger partial charge in [0.1, 0.15) is 0 Å². The highest BCUT2D eigenvalue weighted by Crippen LogP contribution is 2.20. The Morgan fingerprint density at radius 2 is 1.55 bits per heavy atom. The van der Waals surface area contributed by atoms with Gasteiger partial charge in [0.2, 0.25) is 0 Å². The van der Waals surface area contributed by atoms with E-state index in [2.05, 4.69) is 32.9 Å². The molecule has 0 fully saturated rings. The predicted octanol–water partition coefficient (Wildman–Crippen LogP) is 3.93. The van der Waals surface area contributed by atoms with Crippen molar-refractivity contribution in [2.75, 3.05) is 5.73 Å². The van der Waals surface area contributed by atoms with Gasteiger partial charge < -0.3 is 5.73 Å². The molecule has 2 N–H and O–H groups in total. The first-order valence-corrected chi connectivity index (χ1v) is 6.84. The predicted molar refractivity (Wildman–Crippen MR) is 84.3 cm³/mol. The number of carbonyl (C=O) groups excluding carboxylic acids is 1. The van der Waals surface area contributed by atoms with E-state index in [1.165, 1.54) is 16.7 Å². The SMILES string of the molecule is Cc1cc(C)c(CC(=O)c2ccc(C)c(N)c2)c(C)c1. The van der Waals surface area contributed by atoms with Crippen LogP contribution in [0.2, 0.25) is 0 Å². The second-order valence-electron chi connectivity index (χ2n) is 5.55. The maximum Gasteiger partial charge on any atom is 0.167 e. The number of aryl methyl sites for hydroxylation is 4. The van der Waals surface area contributed by atoms with Gasteiger partial charge in [-0.25, -0.2) is 0 Å². The zero-order valence-corrected chi connectivity index (χ0v) is 12.6. The van der Waals surface area contributed by atoms with Crippen molar-refractivity contribution in [3.8, 4) is 0 Å². The molecular weight excluding hydrogens is 246 g/mol. The smallest absolute Gasteiger partial charge is 0.167 e. The van der Waals surface area contributed by atoms with Crippen molar-refractivity contribution in [1.82, 2.24) is 0 Å². The van der Waals surface area contributed by atoms with Gasteiger partial charge in [-0.15, -0.1) is 0 Å². The van der Waals surface area contributed by atoms with Gasteiger partial charge >= 0.3 is 0 Å². The molecule has 20 heavy (non-hydrogen) atoms. The molecule has 0 bridgehead atoms. The van der Waals surface area contributed by atoms with Crippen LogP contribution in [-0.4, -0.2) is 5.78 Å². The molecule has 2 aromatic rings. The van der Waals surface area contributed by atoms with E-state index in [0.29, 0.717) is 17.7 Å². The van der Waals surface area contributed by atoms with Crippen LogP contribution < -0.4 is 5.73 Å². The molecule has 104 valence electrons. The third-order valence-corrected chi connectivity index (χ3v) is 3.78. The molecule has 0 unspecified atom stereocenters. The third-order valence-electron chi connectivity index (χ3n) is 3.78. The number of nitrogens with two attached hydrogens (primary N) is 1. The van der Waals surface area contributed by atoms with Crippen molar-refractivity contribution in [3.63, 3.8) is 0 Å². The summed E-state index contributed by atoms with van der Waals surface area (Å²) in [6, 6.07) is 9.78. The van der Waals surface area contributed by atoms with Crippen molar-refractivity contribution in [1.29, 1.82) is 0 Å². The number of carbonyl (C=O) groups is 1. The minimum Gasteiger partial charge on any atom is -0.398 e. The maximum atomic E-state index is 12.4. The van der Waals surface area contributed by atoms with Gasteiger partial charge in [0.05, 0.1) is 0 Å². The fraction of sp³-hybridized carbons (Fsp3) is 0.278. The van der Waals surface area contributed by atoms with Crippen molar-refractivity contribution in [2.24, 2.45) is 0 Å². The minimum atomic E-state index is 0.117. The topological polar surface area (TPSA) is 43.1 Å². The first-order valence-electron chi connectivity index (χ1n) is 6.84. The Kier molecular flexibility index (Phi) is 3.93. The van der Waals surface area contributed by atoms with E-state index in [1.54, 1.807) is 6.07 Å². The minimum absolute atomic E-state index is 0.117. The number of hydrogen-bond donors (Lipinski definition) is 1. The van der Waals surface area contributed by atoms with E-state index in [4.69, 9.17) is 5.73 Å². The van der Waals surface area contributed by atoms with Gasteiger partial charge in [-0.3, -0.25) is 4.79 Å². The van der Waals surface area contributed by atoms with E-state index in [0.717, 1.165) is 11.1 Å². The number of benzene rings is 2. The Balaban J connectivity index is 2.30. The molecule has 2 aromatic carbocycles. The fourth-order valence-corrected chi connectivity index (χ4v) is 2.57. The Bertz CT molecular complexity index is 648. The molecular formula is C18H21NO. The summed E-state index contributed by atoms with van der Waals surface area (Å²) < 4.78 is 0. The number of hydrogen-bond acceptors (Lipinski definition) is 2. The van der Waals surface area contributed by atoms with E-state index in [1.807, 2.05) is 19.1 Å². The molecule has 0 radical (unpaired) electrons.